The van der Waals surface area contributed by atoms with Gasteiger partial charge in [-0.1, -0.05) is 133 Å². The van der Waals surface area contributed by atoms with E-state index in [4.69, 9.17) is 13.6 Å². The molecular weight excluding hydrogens is 529 g/mol. The van der Waals surface area contributed by atoms with Gasteiger partial charge in [-0.2, -0.15) is 0 Å². The van der Waals surface area contributed by atoms with Crippen LogP contribution in [0.25, 0.3) is 0 Å². The van der Waals surface area contributed by atoms with Crippen LogP contribution in [0.15, 0.2) is 91.0 Å². The Kier molecular flexibility index (Phi) is 10.9. The molecule has 6 heteroatoms. The molecule has 3 rings (SSSR count). The minimum atomic E-state index is -2.80. The monoisotopic (exact) mass is 576 g/mol. The Hall–Kier alpha value is -2.36. The van der Waals surface area contributed by atoms with Crippen molar-refractivity contribution in [1.29, 1.82) is 0 Å². The second-order valence-corrected chi connectivity index (χ2v) is 22.3. The van der Waals surface area contributed by atoms with E-state index in [9.17, 15) is 4.79 Å². The lowest BCUT2D eigenvalue weighted by atomic mass is 10.1. The zero-order valence-electron chi connectivity index (χ0n) is 25.6. The zero-order valence-corrected chi connectivity index (χ0v) is 27.6. The Morgan fingerprint density at radius 2 is 1.18 bits per heavy atom. The molecular formula is C34H48O4Si2. The summed E-state index contributed by atoms with van der Waals surface area (Å²) < 4.78 is 20.2. The smallest absolute Gasteiger partial charge is 0.261 e. The van der Waals surface area contributed by atoms with Gasteiger partial charge in [0.05, 0.1) is 25.2 Å². The molecule has 0 N–H and O–H groups in total. The van der Waals surface area contributed by atoms with Gasteiger partial charge >= 0.3 is 0 Å². The molecule has 0 aliphatic carbocycles. The van der Waals surface area contributed by atoms with Crippen LogP contribution in [0.1, 0.15) is 47.1 Å². The maximum Gasteiger partial charge on any atom is 0.261 e. The molecule has 0 saturated heterocycles. The molecule has 0 aromatic heterocycles. The molecule has 0 bridgehead atoms. The highest BCUT2D eigenvalue weighted by Gasteiger charge is 2.51. The van der Waals surface area contributed by atoms with Crippen LogP contribution >= 0.6 is 0 Å². The molecule has 0 aliphatic heterocycles. The largest absolute Gasteiger partial charge is 0.411 e. The molecule has 2 atom stereocenters. The number of hydrogen-bond acceptors (Lipinski definition) is 4. The van der Waals surface area contributed by atoms with Crippen molar-refractivity contribution in [3.05, 3.63) is 96.6 Å². The summed E-state index contributed by atoms with van der Waals surface area (Å²) in [7, 11) is -5.00. The molecule has 0 aliphatic rings. The van der Waals surface area contributed by atoms with Gasteiger partial charge in [0.2, 0.25) is 0 Å². The third-order valence-corrected chi connectivity index (χ3v) is 17.7. The second-order valence-electron chi connectivity index (χ2n) is 13.2. The Balaban J connectivity index is 1.95. The predicted octanol–water partition coefficient (Wildman–Crippen LogP) is 6.99. The lowest BCUT2D eigenvalue weighted by Gasteiger charge is -2.44. The van der Waals surface area contributed by atoms with Gasteiger partial charge < -0.3 is 18.4 Å². The van der Waals surface area contributed by atoms with Gasteiger partial charge in [0.25, 0.3) is 8.32 Å². The summed E-state index contributed by atoms with van der Waals surface area (Å²) in [5, 5.41) is 2.21. The standard InChI is InChI=1S/C34H48O4Si2/c1-33(2,3)39(7,8)38-32(27-36-25-28-18-12-9-13-19-28)29(24-35)26-37-40(34(4,5)6,30-20-14-10-15-21-30)31-22-16-11-17-23-31/h9-24,29,32H,25-27H2,1-8H3/t29-,32-/m1/s1. The van der Waals surface area contributed by atoms with Crippen LogP contribution in [0.3, 0.4) is 0 Å². The minimum absolute atomic E-state index is 0.00301. The molecule has 0 heterocycles. The van der Waals surface area contributed by atoms with E-state index in [0.29, 0.717) is 13.2 Å². The SMILES string of the molecule is CC(C)(C)[Si](C)(C)O[C@H](COCc1ccccc1)[C@H](C=O)CO[Si](c1ccccc1)(c1ccccc1)C(C)(C)C. The highest BCUT2D eigenvalue weighted by atomic mass is 28.4. The normalized spacial score (nSPS) is 14.5. The fourth-order valence-electron chi connectivity index (χ4n) is 4.88. The zero-order chi connectivity index (χ0) is 29.4. The molecule has 0 fully saturated rings. The summed E-state index contributed by atoms with van der Waals surface area (Å²) >= 11 is 0. The van der Waals surface area contributed by atoms with E-state index < -0.39 is 28.7 Å². The Labute approximate surface area is 244 Å². The Bertz CT molecular complexity index is 1130. The summed E-state index contributed by atoms with van der Waals surface area (Å²) in [5.41, 5.74) is 1.10. The highest BCUT2D eigenvalue weighted by Crippen LogP contribution is 2.39. The average molecular weight is 577 g/mol. The highest BCUT2D eigenvalue weighted by molar-refractivity contribution is 6.99. The van der Waals surface area contributed by atoms with Crippen molar-refractivity contribution in [2.75, 3.05) is 13.2 Å². The molecule has 0 saturated carbocycles. The lowest BCUT2D eigenvalue weighted by Crippen LogP contribution is -2.67. The van der Waals surface area contributed by atoms with Crippen molar-refractivity contribution in [3.8, 4) is 0 Å². The number of rotatable bonds is 13. The molecule has 0 radical (unpaired) electrons. The van der Waals surface area contributed by atoms with E-state index in [1.54, 1.807) is 0 Å². The number of aldehydes is 1. The predicted molar refractivity (Wildman–Crippen MR) is 171 cm³/mol. The third-order valence-electron chi connectivity index (χ3n) is 8.21. The van der Waals surface area contributed by atoms with Crippen molar-refractivity contribution < 1.29 is 18.4 Å². The van der Waals surface area contributed by atoms with Gasteiger partial charge in [-0.25, -0.2) is 0 Å². The van der Waals surface area contributed by atoms with Gasteiger partial charge in [-0.05, 0) is 39.1 Å². The fraction of sp³-hybridized carbons (Fsp3) is 0.441. The van der Waals surface area contributed by atoms with Crippen molar-refractivity contribution in [1.82, 2.24) is 0 Å². The van der Waals surface area contributed by atoms with E-state index >= 15 is 0 Å². The van der Waals surface area contributed by atoms with Crippen molar-refractivity contribution in [2.45, 2.75) is 77.4 Å². The second kappa shape index (κ2) is 13.5. The molecule has 0 spiro atoms. The van der Waals surface area contributed by atoms with Crippen LogP contribution in [0, 0.1) is 5.92 Å². The molecule has 0 unspecified atom stereocenters. The molecule has 0 amide bonds. The van der Waals surface area contributed by atoms with E-state index in [0.717, 1.165) is 11.8 Å². The summed E-state index contributed by atoms with van der Waals surface area (Å²) in [6, 6.07) is 31.2. The van der Waals surface area contributed by atoms with E-state index in [-0.39, 0.29) is 16.7 Å². The maximum atomic E-state index is 12.8. The number of benzene rings is 3. The van der Waals surface area contributed by atoms with Gasteiger partial charge in [-0.3, -0.25) is 0 Å². The lowest BCUT2D eigenvalue weighted by molar-refractivity contribution is -0.117. The van der Waals surface area contributed by atoms with E-state index in [1.807, 2.05) is 42.5 Å². The number of hydrogen-bond donors (Lipinski definition) is 0. The number of carbonyl (C=O) groups is 1. The molecule has 3 aromatic carbocycles. The number of ether oxygens (including phenoxy) is 1. The van der Waals surface area contributed by atoms with Crippen molar-refractivity contribution in [2.24, 2.45) is 5.92 Å². The maximum absolute atomic E-state index is 12.8. The Morgan fingerprint density at radius 3 is 1.60 bits per heavy atom. The van der Waals surface area contributed by atoms with Gasteiger partial charge in [-0.15, -0.1) is 0 Å². The quantitative estimate of drug-likeness (QED) is 0.163. The van der Waals surface area contributed by atoms with Crippen molar-refractivity contribution >= 4 is 33.3 Å². The molecule has 3 aromatic rings. The molecule has 216 valence electrons. The molecule has 40 heavy (non-hydrogen) atoms. The van der Waals surface area contributed by atoms with E-state index in [1.165, 1.54) is 10.4 Å². The first-order valence-corrected chi connectivity index (χ1v) is 19.1. The summed E-state index contributed by atoms with van der Waals surface area (Å²) in [4.78, 5) is 12.8. The van der Waals surface area contributed by atoms with E-state index in [2.05, 4.69) is 103 Å². The fourth-order valence-corrected chi connectivity index (χ4v) is 10.8. The van der Waals surface area contributed by atoms with Gasteiger partial charge in [0.15, 0.2) is 8.32 Å². The van der Waals surface area contributed by atoms with Crippen LogP contribution < -0.4 is 10.4 Å². The first kappa shape index (κ1) is 32.2. The van der Waals surface area contributed by atoms with Gasteiger partial charge in [0.1, 0.15) is 6.29 Å². The van der Waals surface area contributed by atoms with Crippen LogP contribution in [0.4, 0.5) is 0 Å². The van der Waals surface area contributed by atoms with Crippen LogP contribution in [-0.4, -0.2) is 42.2 Å². The summed E-state index contributed by atoms with van der Waals surface area (Å²) in [5.74, 6) is -0.466. The van der Waals surface area contributed by atoms with Crippen LogP contribution in [0.2, 0.25) is 23.2 Å². The van der Waals surface area contributed by atoms with Crippen molar-refractivity contribution in [3.63, 3.8) is 0 Å². The molecule has 4 nitrogen and oxygen atoms in total. The Morgan fingerprint density at radius 1 is 0.700 bits per heavy atom. The van der Waals surface area contributed by atoms with Gasteiger partial charge in [0, 0.05) is 6.61 Å². The summed E-state index contributed by atoms with van der Waals surface area (Å²) in [6.07, 6.45) is 0.613. The summed E-state index contributed by atoms with van der Waals surface area (Å²) in [6.45, 7) is 18.9. The van der Waals surface area contributed by atoms with Crippen LogP contribution in [0.5, 0.6) is 0 Å². The third kappa shape index (κ3) is 7.68. The van der Waals surface area contributed by atoms with Crippen LogP contribution in [-0.2, 0) is 25.0 Å². The average Bonchev–Trinajstić information content (AvgIpc) is 2.91. The first-order chi connectivity index (χ1) is 18.8. The topological polar surface area (TPSA) is 44.8 Å². The minimum Gasteiger partial charge on any atom is -0.411 e. The first-order valence-electron chi connectivity index (χ1n) is 14.3. The number of carbonyl (C=O) groups excluding carboxylic acids is 1.